The van der Waals surface area contributed by atoms with E-state index in [1.165, 1.54) is 0 Å². The first-order chi connectivity index (χ1) is 7.15. The molecule has 0 radical (unpaired) electrons. The zero-order chi connectivity index (χ0) is 11.3. The van der Waals surface area contributed by atoms with Crippen molar-refractivity contribution in [1.82, 2.24) is 4.90 Å². The fourth-order valence-electron chi connectivity index (χ4n) is 1.39. The van der Waals surface area contributed by atoms with Gasteiger partial charge in [-0.1, -0.05) is 15.9 Å². The van der Waals surface area contributed by atoms with Crippen LogP contribution in [0.3, 0.4) is 0 Å². The third kappa shape index (κ3) is 3.76. The highest BCUT2D eigenvalue weighted by atomic mass is 79.9. The Morgan fingerprint density at radius 1 is 1.80 bits per heavy atom. The van der Waals surface area contributed by atoms with E-state index in [2.05, 4.69) is 20.9 Å². The van der Waals surface area contributed by atoms with Gasteiger partial charge in [-0.05, 0) is 6.08 Å². The van der Waals surface area contributed by atoms with E-state index in [0.717, 1.165) is 5.70 Å². The zero-order valence-electron chi connectivity index (χ0n) is 8.94. The Morgan fingerprint density at radius 3 is 3.07 bits per heavy atom. The number of allylic oxidation sites excluding steroid dienone is 1. The SMILES string of the molecule is COCCN(C(C)=O)C1=CC(Br)C=NC1. The Labute approximate surface area is 98.1 Å². The number of hydrogen-bond acceptors (Lipinski definition) is 3. The predicted octanol–water partition coefficient (Wildman–Crippen LogP) is 1.21. The molecule has 0 bridgehead atoms. The van der Waals surface area contributed by atoms with E-state index in [9.17, 15) is 4.79 Å². The van der Waals surface area contributed by atoms with Crippen molar-refractivity contribution in [3.63, 3.8) is 0 Å². The number of rotatable bonds is 4. The summed E-state index contributed by atoms with van der Waals surface area (Å²) in [6.07, 6.45) is 3.81. The maximum atomic E-state index is 11.4. The Hall–Kier alpha value is -0.680. The molecule has 1 aliphatic heterocycles. The van der Waals surface area contributed by atoms with Crippen molar-refractivity contribution in [1.29, 1.82) is 0 Å². The van der Waals surface area contributed by atoms with Gasteiger partial charge in [-0.25, -0.2) is 0 Å². The minimum atomic E-state index is 0.0232. The third-order valence-corrected chi connectivity index (χ3v) is 2.60. The van der Waals surface area contributed by atoms with Crippen LogP contribution in [0.25, 0.3) is 0 Å². The molecule has 0 N–H and O–H groups in total. The van der Waals surface area contributed by atoms with Gasteiger partial charge < -0.3 is 9.64 Å². The minimum Gasteiger partial charge on any atom is -0.383 e. The molecule has 0 aromatic carbocycles. The lowest BCUT2D eigenvalue weighted by Crippen LogP contribution is -2.34. The summed E-state index contributed by atoms with van der Waals surface area (Å²) in [6, 6.07) is 0. The van der Waals surface area contributed by atoms with E-state index < -0.39 is 0 Å². The lowest BCUT2D eigenvalue weighted by Gasteiger charge is -2.25. The van der Waals surface area contributed by atoms with E-state index in [1.54, 1.807) is 18.9 Å². The van der Waals surface area contributed by atoms with Gasteiger partial charge in [0.15, 0.2) is 0 Å². The Kier molecular flexibility index (Phi) is 4.98. The predicted molar refractivity (Wildman–Crippen MR) is 63.4 cm³/mol. The molecule has 0 aromatic heterocycles. The summed E-state index contributed by atoms with van der Waals surface area (Å²) in [5, 5.41) is 0. The number of carbonyl (C=O) groups excluding carboxylic acids is 1. The van der Waals surface area contributed by atoms with Gasteiger partial charge in [0.25, 0.3) is 0 Å². The molecule has 1 heterocycles. The van der Waals surface area contributed by atoms with Crippen LogP contribution in [-0.4, -0.2) is 48.7 Å². The van der Waals surface area contributed by atoms with Gasteiger partial charge in [0.1, 0.15) is 0 Å². The molecule has 15 heavy (non-hydrogen) atoms. The summed E-state index contributed by atoms with van der Waals surface area (Å²) in [6.45, 7) is 3.23. The lowest BCUT2D eigenvalue weighted by atomic mass is 10.2. The maximum absolute atomic E-state index is 11.4. The van der Waals surface area contributed by atoms with Gasteiger partial charge >= 0.3 is 0 Å². The van der Waals surface area contributed by atoms with Crippen LogP contribution in [0.4, 0.5) is 0 Å². The number of methoxy groups -OCH3 is 1. The molecule has 0 aliphatic carbocycles. The van der Waals surface area contributed by atoms with Crippen LogP contribution in [-0.2, 0) is 9.53 Å². The second kappa shape index (κ2) is 6.02. The number of hydrogen-bond donors (Lipinski definition) is 0. The quantitative estimate of drug-likeness (QED) is 0.724. The first-order valence-corrected chi connectivity index (χ1v) is 5.68. The van der Waals surface area contributed by atoms with E-state index in [-0.39, 0.29) is 10.7 Å². The van der Waals surface area contributed by atoms with Crippen LogP contribution in [0.15, 0.2) is 16.8 Å². The highest BCUT2D eigenvalue weighted by Crippen LogP contribution is 2.13. The summed E-state index contributed by atoms with van der Waals surface area (Å²) in [5.41, 5.74) is 0.934. The van der Waals surface area contributed by atoms with Crippen LogP contribution < -0.4 is 0 Å². The second-order valence-corrected chi connectivity index (χ2v) is 4.31. The molecular weight excluding hydrogens is 260 g/mol. The van der Waals surface area contributed by atoms with Crippen LogP contribution in [0.2, 0.25) is 0 Å². The van der Waals surface area contributed by atoms with E-state index in [0.29, 0.717) is 19.7 Å². The number of carbonyl (C=O) groups is 1. The number of aliphatic imine (C=N–C) groups is 1. The average Bonchev–Trinajstić information content (AvgIpc) is 2.18. The van der Waals surface area contributed by atoms with Crippen LogP contribution in [0, 0.1) is 0 Å². The molecule has 0 fully saturated rings. The minimum absolute atomic E-state index is 0.0232. The molecule has 0 aromatic rings. The number of halogens is 1. The molecule has 1 amide bonds. The Morgan fingerprint density at radius 2 is 2.53 bits per heavy atom. The number of ether oxygens (including phenoxy) is 1. The van der Waals surface area contributed by atoms with Crippen LogP contribution >= 0.6 is 15.9 Å². The number of alkyl halides is 1. The number of amides is 1. The maximum Gasteiger partial charge on any atom is 0.223 e. The largest absolute Gasteiger partial charge is 0.383 e. The molecule has 1 aliphatic rings. The molecule has 5 heteroatoms. The fraction of sp³-hybridized carbons (Fsp3) is 0.600. The van der Waals surface area contributed by atoms with E-state index in [1.807, 2.05) is 12.3 Å². The van der Waals surface area contributed by atoms with Gasteiger partial charge in [-0.15, -0.1) is 0 Å². The summed E-state index contributed by atoms with van der Waals surface area (Å²) >= 11 is 3.42. The van der Waals surface area contributed by atoms with Gasteiger partial charge in [0, 0.05) is 32.5 Å². The number of nitrogens with zero attached hydrogens (tertiary/aromatic N) is 2. The first kappa shape index (κ1) is 12.4. The lowest BCUT2D eigenvalue weighted by molar-refractivity contribution is -0.127. The normalized spacial score (nSPS) is 19.9. The molecule has 0 spiro atoms. The molecule has 0 saturated carbocycles. The molecule has 1 atom stereocenters. The third-order valence-electron chi connectivity index (χ3n) is 2.10. The molecule has 1 rings (SSSR count). The van der Waals surface area contributed by atoms with E-state index >= 15 is 0 Å². The first-order valence-electron chi connectivity index (χ1n) is 4.77. The Balaban J connectivity index is 2.67. The number of dihydropyridines is 1. The fourth-order valence-corrected chi connectivity index (χ4v) is 1.86. The Bertz CT molecular complexity index is 289. The van der Waals surface area contributed by atoms with E-state index in [4.69, 9.17) is 4.74 Å². The van der Waals surface area contributed by atoms with Crippen molar-refractivity contribution in [3.8, 4) is 0 Å². The van der Waals surface area contributed by atoms with Crippen molar-refractivity contribution in [2.24, 2.45) is 4.99 Å². The average molecular weight is 275 g/mol. The molecule has 4 nitrogen and oxygen atoms in total. The van der Waals surface area contributed by atoms with Crippen molar-refractivity contribution in [3.05, 3.63) is 11.8 Å². The highest BCUT2D eigenvalue weighted by Gasteiger charge is 2.16. The van der Waals surface area contributed by atoms with Gasteiger partial charge in [-0.2, -0.15) is 0 Å². The molecule has 84 valence electrons. The second-order valence-electron chi connectivity index (χ2n) is 3.26. The summed E-state index contributed by atoms with van der Waals surface area (Å²) in [7, 11) is 1.62. The van der Waals surface area contributed by atoms with Crippen LogP contribution in [0.5, 0.6) is 0 Å². The van der Waals surface area contributed by atoms with Gasteiger partial charge in [0.2, 0.25) is 5.91 Å². The highest BCUT2D eigenvalue weighted by molar-refractivity contribution is 9.10. The summed E-state index contributed by atoms with van der Waals surface area (Å²) in [5.74, 6) is 0.0232. The topological polar surface area (TPSA) is 41.9 Å². The summed E-state index contributed by atoms with van der Waals surface area (Å²) in [4.78, 5) is 17.4. The molecule has 0 saturated heterocycles. The van der Waals surface area contributed by atoms with Crippen molar-refractivity contribution in [2.45, 2.75) is 11.8 Å². The standard InChI is InChI=1S/C10H15BrN2O2/c1-8(14)13(3-4-15-2)10-5-9(11)6-12-7-10/h5-6,9H,3-4,7H2,1-2H3. The van der Waals surface area contributed by atoms with Gasteiger partial charge in [-0.3, -0.25) is 9.79 Å². The zero-order valence-corrected chi connectivity index (χ0v) is 10.5. The molecule has 1 unspecified atom stereocenters. The van der Waals surface area contributed by atoms with Crippen molar-refractivity contribution < 1.29 is 9.53 Å². The van der Waals surface area contributed by atoms with Crippen molar-refractivity contribution in [2.75, 3.05) is 26.8 Å². The monoisotopic (exact) mass is 274 g/mol. The van der Waals surface area contributed by atoms with Crippen LogP contribution in [0.1, 0.15) is 6.92 Å². The van der Waals surface area contributed by atoms with Gasteiger partial charge in [0.05, 0.1) is 18.0 Å². The molecular formula is C10H15BrN2O2. The summed E-state index contributed by atoms with van der Waals surface area (Å²) < 4.78 is 4.97. The van der Waals surface area contributed by atoms with Crippen molar-refractivity contribution >= 4 is 28.1 Å². The smallest absolute Gasteiger partial charge is 0.223 e.